The average Bonchev–Trinajstić information content (AvgIpc) is 3.23. The summed E-state index contributed by atoms with van der Waals surface area (Å²) in [7, 11) is 0. The minimum Gasteiger partial charge on any atom is -0.319 e. The molecule has 0 fully saturated rings. The van der Waals surface area contributed by atoms with Crippen molar-refractivity contribution in [1.82, 2.24) is 29.4 Å². The van der Waals surface area contributed by atoms with Crippen molar-refractivity contribution >= 4 is 0 Å². The summed E-state index contributed by atoms with van der Waals surface area (Å²) in [6.07, 6.45) is 9.76. The zero-order valence-electron chi connectivity index (χ0n) is 15.8. The summed E-state index contributed by atoms with van der Waals surface area (Å²) >= 11 is 0. The molecular formula is C22H20N6O. The van der Waals surface area contributed by atoms with Gasteiger partial charge < -0.3 is 9.55 Å². The van der Waals surface area contributed by atoms with E-state index in [0.29, 0.717) is 18.8 Å². The van der Waals surface area contributed by atoms with Gasteiger partial charge in [-0.05, 0) is 42.8 Å². The van der Waals surface area contributed by atoms with E-state index in [9.17, 15) is 4.79 Å². The highest BCUT2D eigenvalue weighted by Gasteiger charge is 2.22. The number of rotatable bonds is 4. The number of hydrogen-bond donors (Lipinski definition) is 1. The fourth-order valence-corrected chi connectivity index (χ4v) is 3.81. The van der Waals surface area contributed by atoms with Crippen molar-refractivity contribution in [1.29, 1.82) is 0 Å². The maximum absolute atomic E-state index is 12.6. The van der Waals surface area contributed by atoms with Gasteiger partial charge in [0.1, 0.15) is 5.82 Å². The molecule has 7 nitrogen and oxygen atoms in total. The van der Waals surface area contributed by atoms with Gasteiger partial charge in [-0.1, -0.05) is 0 Å². The van der Waals surface area contributed by atoms with Gasteiger partial charge in [0.05, 0.1) is 5.69 Å². The van der Waals surface area contributed by atoms with Gasteiger partial charge in [0.15, 0.2) is 0 Å². The molecule has 0 atom stereocenters. The normalized spacial score (nSPS) is 13.9. The van der Waals surface area contributed by atoms with Gasteiger partial charge in [-0.15, -0.1) is 0 Å². The Kier molecular flexibility index (Phi) is 4.50. The largest absolute Gasteiger partial charge is 0.319 e. The molecule has 0 aromatic carbocycles. The predicted molar refractivity (Wildman–Crippen MR) is 109 cm³/mol. The standard InChI is InChI=1S/C22H20N6O/c29-22-19-7-13-27(14-18-2-1-12-28(18)17-5-10-24-11-6-17)15-20(19)25-21(26-22)16-3-8-23-9-4-16/h1-6,8-12H,7,13-15H2,(H,25,26,29). The van der Waals surface area contributed by atoms with E-state index in [1.807, 2.05) is 24.3 Å². The van der Waals surface area contributed by atoms with Crippen molar-refractivity contribution < 1.29 is 0 Å². The van der Waals surface area contributed by atoms with Gasteiger partial charge in [-0.3, -0.25) is 19.7 Å². The monoisotopic (exact) mass is 384 g/mol. The predicted octanol–water partition coefficient (Wildman–Crippen LogP) is 2.58. The van der Waals surface area contributed by atoms with Crippen LogP contribution in [0.1, 0.15) is 17.0 Å². The third-order valence-corrected chi connectivity index (χ3v) is 5.27. The molecule has 5 heterocycles. The zero-order valence-corrected chi connectivity index (χ0v) is 15.8. The van der Waals surface area contributed by atoms with Crippen LogP contribution in [0.3, 0.4) is 0 Å². The maximum Gasteiger partial charge on any atom is 0.254 e. The lowest BCUT2D eigenvalue weighted by molar-refractivity contribution is 0.236. The third kappa shape index (κ3) is 3.48. The smallest absolute Gasteiger partial charge is 0.254 e. The number of pyridine rings is 2. The van der Waals surface area contributed by atoms with Crippen molar-refractivity contribution in [3.8, 4) is 17.1 Å². The molecule has 0 spiro atoms. The Hall–Kier alpha value is -3.58. The topological polar surface area (TPSA) is 79.7 Å². The first-order chi connectivity index (χ1) is 14.3. The summed E-state index contributed by atoms with van der Waals surface area (Å²) in [5.41, 5.74) is 4.76. The van der Waals surface area contributed by atoms with Crippen LogP contribution in [0.4, 0.5) is 0 Å². The molecule has 4 aromatic rings. The van der Waals surface area contributed by atoms with Crippen molar-refractivity contribution in [3.63, 3.8) is 0 Å². The molecule has 0 radical (unpaired) electrons. The Morgan fingerprint density at radius 1 is 1.00 bits per heavy atom. The molecule has 0 bridgehead atoms. The molecule has 0 amide bonds. The molecule has 5 rings (SSSR count). The Morgan fingerprint density at radius 2 is 1.76 bits per heavy atom. The van der Waals surface area contributed by atoms with Crippen LogP contribution in [-0.4, -0.2) is 35.9 Å². The molecule has 29 heavy (non-hydrogen) atoms. The molecule has 0 aliphatic carbocycles. The molecule has 4 aromatic heterocycles. The van der Waals surface area contributed by atoms with E-state index in [0.717, 1.165) is 35.6 Å². The molecule has 0 saturated heterocycles. The molecule has 1 aliphatic rings. The number of aromatic amines is 1. The van der Waals surface area contributed by atoms with Crippen LogP contribution >= 0.6 is 0 Å². The van der Waals surface area contributed by atoms with E-state index in [2.05, 4.69) is 42.7 Å². The Balaban J connectivity index is 1.41. The van der Waals surface area contributed by atoms with Crippen molar-refractivity contribution in [2.45, 2.75) is 19.5 Å². The Morgan fingerprint density at radius 3 is 2.55 bits per heavy atom. The van der Waals surface area contributed by atoms with Crippen LogP contribution in [0.25, 0.3) is 17.1 Å². The van der Waals surface area contributed by atoms with Gasteiger partial charge in [0.25, 0.3) is 5.56 Å². The van der Waals surface area contributed by atoms with E-state index in [4.69, 9.17) is 4.98 Å². The van der Waals surface area contributed by atoms with Gasteiger partial charge in [-0.25, -0.2) is 4.98 Å². The highest BCUT2D eigenvalue weighted by Crippen LogP contribution is 2.21. The molecular weight excluding hydrogens is 364 g/mol. The zero-order chi connectivity index (χ0) is 19.6. The molecule has 1 aliphatic heterocycles. The third-order valence-electron chi connectivity index (χ3n) is 5.27. The highest BCUT2D eigenvalue weighted by atomic mass is 16.1. The minimum absolute atomic E-state index is 0.0402. The van der Waals surface area contributed by atoms with E-state index in [-0.39, 0.29) is 5.56 Å². The van der Waals surface area contributed by atoms with Crippen LogP contribution < -0.4 is 5.56 Å². The first-order valence-electron chi connectivity index (χ1n) is 9.59. The van der Waals surface area contributed by atoms with Crippen LogP contribution in [0, 0.1) is 0 Å². The van der Waals surface area contributed by atoms with Crippen molar-refractivity contribution in [3.05, 3.63) is 94.7 Å². The Labute approximate surface area is 167 Å². The fraction of sp³-hybridized carbons (Fsp3) is 0.182. The number of hydrogen-bond acceptors (Lipinski definition) is 5. The van der Waals surface area contributed by atoms with E-state index in [1.54, 1.807) is 24.8 Å². The number of H-pyrrole nitrogens is 1. The van der Waals surface area contributed by atoms with Crippen molar-refractivity contribution in [2.75, 3.05) is 6.54 Å². The van der Waals surface area contributed by atoms with Gasteiger partial charge in [-0.2, -0.15) is 0 Å². The van der Waals surface area contributed by atoms with E-state index in [1.165, 1.54) is 5.69 Å². The second kappa shape index (κ2) is 7.44. The highest BCUT2D eigenvalue weighted by molar-refractivity contribution is 5.54. The average molecular weight is 384 g/mol. The van der Waals surface area contributed by atoms with Crippen LogP contribution in [-0.2, 0) is 19.5 Å². The number of fused-ring (bicyclic) bond motifs is 1. The first kappa shape index (κ1) is 17.5. The second-order valence-corrected chi connectivity index (χ2v) is 7.11. The second-order valence-electron chi connectivity index (χ2n) is 7.11. The summed E-state index contributed by atoms with van der Waals surface area (Å²) in [4.78, 5) is 30.7. The van der Waals surface area contributed by atoms with Gasteiger partial charge in [0.2, 0.25) is 0 Å². The number of aromatic nitrogens is 5. The molecule has 1 N–H and O–H groups in total. The Bertz CT molecular complexity index is 1180. The minimum atomic E-state index is -0.0402. The quantitative estimate of drug-likeness (QED) is 0.585. The summed E-state index contributed by atoms with van der Waals surface area (Å²) in [5, 5.41) is 0. The summed E-state index contributed by atoms with van der Waals surface area (Å²) in [6, 6.07) is 11.9. The molecule has 0 unspecified atom stereocenters. The van der Waals surface area contributed by atoms with E-state index >= 15 is 0 Å². The lowest BCUT2D eigenvalue weighted by Crippen LogP contribution is -2.35. The lowest BCUT2D eigenvalue weighted by Gasteiger charge is -2.28. The fourth-order valence-electron chi connectivity index (χ4n) is 3.81. The summed E-state index contributed by atoms with van der Waals surface area (Å²) in [5.74, 6) is 0.596. The van der Waals surface area contributed by atoms with Crippen LogP contribution in [0.2, 0.25) is 0 Å². The molecule has 0 saturated carbocycles. The van der Waals surface area contributed by atoms with Gasteiger partial charge >= 0.3 is 0 Å². The molecule has 7 heteroatoms. The van der Waals surface area contributed by atoms with Crippen LogP contribution in [0.5, 0.6) is 0 Å². The summed E-state index contributed by atoms with van der Waals surface area (Å²) in [6.45, 7) is 2.26. The SMILES string of the molecule is O=c1[nH]c(-c2ccncc2)nc2c1CCN(Cc1cccn1-c1ccncc1)C2. The van der Waals surface area contributed by atoms with Gasteiger partial charge in [0, 0.05) is 73.1 Å². The summed E-state index contributed by atoms with van der Waals surface area (Å²) < 4.78 is 2.17. The molecule has 144 valence electrons. The van der Waals surface area contributed by atoms with Crippen molar-refractivity contribution in [2.24, 2.45) is 0 Å². The maximum atomic E-state index is 12.6. The lowest BCUT2D eigenvalue weighted by atomic mass is 10.1. The van der Waals surface area contributed by atoms with Crippen LogP contribution in [0.15, 0.2) is 72.2 Å². The van der Waals surface area contributed by atoms with E-state index < -0.39 is 0 Å². The number of nitrogens with zero attached hydrogens (tertiary/aromatic N) is 5. The first-order valence-corrected chi connectivity index (χ1v) is 9.59. The number of nitrogens with one attached hydrogen (secondary N) is 1.